The van der Waals surface area contributed by atoms with Crippen LogP contribution in [-0.4, -0.2) is 11.2 Å². The van der Waals surface area contributed by atoms with Crippen LogP contribution in [0.2, 0.25) is 0 Å². The summed E-state index contributed by atoms with van der Waals surface area (Å²) in [6.07, 6.45) is 0.492. The second kappa shape index (κ2) is 4.77. The predicted octanol–water partition coefficient (Wildman–Crippen LogP) is 3.01. The molecule has 1 rings (SSSR count). The predicted molar refractivity (Wildman–Crippen MR) is 58.7 cm³/mol. The van der Waals surface area contributed by atoms with E-state index in [2.05, 4.69) is 15.9 Å². The fourth-order valence-corrected chi connectivity index (χ4v) is 1.59. The van der Waals surface area contributed by atoms with Crippen molar-refractivity contribution in [2.24, 2.45) is 5.92 Å². The highest BCUT2D eigenvalue weighted by Crippen LogP contribution is 2.15. The third kappa shape index (κ3) is 3.49. The fraction of sp³-hybridized carbons (Fsp3) is 0.455. The van der Waals surface area contributed by atoms with Crippen molar-refractivity contribution >= 4 is 15.9 Å². The van der Waals surface area contributed by atoms with Gasteiger partial charge in [0.1, 0.15) is 0 Å². The molecule has 1 N–H and O–H groups in total. The third-order valence-corrected chi connectivity index (χ3v) is 2.60. The first-order valence-electron chi connectivity index (χ1n) is 4.52. The van der Waals surface area contributed by atoms with Crippen molar-refractivity contribution in [1.82, 2.24) is 0 Å². The second-order valence-electron chi connectivity index (χ2n) is 3.65. The summed E-state index contributed by atoms with van der Waals surface area (Å²) in [5.41, 5.74) is 1.18. The first kappa shape index (κ1) is 10.7. The van der Waals surface area contributed by atoms with Gasteiger partial charge in [-0.3, -0.25) is 0 Å². The first-order valence-corrected chi connectivity index (χ1v) is 5.31. The van der Waals surface area contributed by atoms with Crippen molar-refractivity contribution < 1.29 is 5.11 Å². The molecule has 13 heavy (non-hydrogen) atoms. The van der Waals surface area contributed by atoms with Gasteiger partial charge < -0.3 is 5.11 Å². The molecule has 0 bridgehead atoms. The van der Waals surface area contributed by atoms with E-state index in [1.165, 1.54) is 5.56 Å². The van der Waals surface area contributed by atoms with Gasteiger partial charge in [0.25, 0.3) is 0 Å². The van der Waals surface area contributed by atoms with Gasteiger partial charge >= 0.3 is 0 Å². The van der Waals surface area contributed by atoms with Crippen LogP contribution in [0.15, 0.2) is 28.7 Å². The average molecular weight is 243 g/mol. The molecule has 1 aromatic carbocycles. The van der Waals surface area contributed by atoms with Crippen molar-refractivity contribution in [1.29, 1.82) is 0 Å². The maximum atomic E-state index is 9.66. The van der Waals surface area contributed by atoms with Crippen LogP contribution in [0.5, 0.6) is 0 Å². The molecular formula is C11H15BrO. The third-order valence-electron chi connectivity index (χ3n) is 2.10. The Balaban J connectivity index is 2.64. The van der Waals surface area contributed by atoms with E-state index in [4.69, 9.17) is 0 Å². The van der Waals surface area contributed by atoms with Gasteiger partial charge in [-0.05, 0) is 30.0 Å². The first-order chi connectivity index (χ1) is 6.09. The molecule has 1 nitrogen and oxygen atoms in total. The minimum Gasteiger partial charge on any atom is -0.393 e. The zero-order valence-corrected chi connectivity index (χ0v) is 9.58. The highest BCUT2D eigenvalue weighted by atomic mass is 79.9. The number of halogens is 1. The highest BCUT2D eigenvalue weighted by Gasteiger charge is 2.09. The smallest absolute Gasteiger partial charge is 0.0603 e. The van der Waals surface area contributed by atoms with Crippen LogP contribution in [0.4, 0.5) is 0 Å². The van der Waals surface area contributed by atoms with E-state index in [9.17, 15) is 5.11 Å². The Morgan fingerprint density at radius 2 is 2.08 bits per heavy atom. The summed E-state index contributed by atoms with van der Waals surface area (Å²) < 4.78 is 1.07. The Labute approximate surface area is 87.9 Å². The molecule has 0 aromatic heterocycles. The standard InChI is InChI=1S/C11H15BrO/c1-8(2)11(13)7-9-4-3-5-10(12)6-9/h3-6,8,11,13H,7H2,1-2H3. The summed E-state index contributed by atoms with van der Waals surface area (Å²) in [5, 5.41) is 9.66. The molecule has 0 aliphatic carbocycles. The van der Waals surface area contributed by atoms with Crippen molar-refractivity contribution in [2.75, 3.05) is 0 Å². The van der Waals surface area contributed by atoms with Crippen LogP contribution in [0.1, 0.15) is 19.4 Å². The molecule has 0 radical (unpaired) electrons. The normalized spacial score (nSPS) is 13.3. The van der Waals surface area contributed by atoms with E-state index in [-0.39, 0.29) is 6.10 Å². The van der Waals surface area contributed by atoms with E-state index in [0.29, 0.717) is 5.92 Å². The summed E-state index contributed by atoms with van der Waals surface area (Å²) in [6, 6.07) is 8.07. The number of rotatable bonds is 3. The highest BCUT2D eigenvalue weighted by molar-refractivity contribution is 9.10. The van der Waals surface area contributed by atoms with E-state index >= 15 is 0 Å². The monoisotopic (exact) mass is 242 g/mol. The van der Waals surface area contributed by atoms with Gasteiger partial charge in [0.15, 0.2) is 0 Å². The van der Waals surface area contributed by atoms with Crippen LogP contribution in [0, 0.1) is 5.92 Å². The molecule has 0 saturated carbocycles. The molecule has 1 aromatic rings. The average Bonchev–Trinajstić information content (AvgIpc) is 2.04. The van der Waals surface area contributed by atoms with Crippen LogP contribution < -0.4 is 0 Å². The molecule has 1 atom stereocenters. The largest absolute Gasteiger partial charge is 0.393 e. The maximum absolute atomic E-state index is 9.66. The Morgan fingerprint density at radius 1 is 1.38 bits per heavy atom. The fourth-order valence-electron chi connectivity index (χ4n) is 1.14. The molecule has 0 spiro atoms. The van der Waals surface area contributed by atoms with Gasteiger partial charge in [-0.1, -0.05) is 41.9 Å². The van der Waals surface area contributed by atoms with Crippen molar-refractivity contribution in [2.45, 2.75) is 26.4 Å². The van der Waals surface area contributed by atoms with Gasteiger partial charge in [-0.15, -0.1) is 0 Å². The molecule has 0 aliphatic heterocycles. The van der Waals surface area contributed by atoms with E-state index in [1.54, 1.807) is 0 Å². The van der Waals surface area contributed by atoms with Gasteiger partial charge in [0, 0.05) is 4.47 Å². The molecule has 1 unspecified atom stereocenters. The molecule has 0 heterocycles. The van der Waals surface area contributed by atoms with Gasteiger partial charge in [-0.25, -0.2) is 0 Å². The van der Waals surface area contributed by atoms with E-state index in [0.717, 1.165) is 10.9 Å². The minimum absolute atomic E-state index is 0.241. The molecule has 0 fully saturated rings. The topological polar surface area (TPSA) is 20.2 Å². The van der Waals surface area contributed by atoms with Crippen molar-refractivity contribution in [3.8, 4) is 0 Å². The summed E-state index contributed by atoms with van der Waals surface area (Å²) in [5.74, 6) is 0.319. The molecule has 0 aliphatic rings. The van der Waals surface area contributed by atoms with E-state index in [1.807, 2.05) is 38.1 Å². The minimum atomic E-state index is -0.241. The number of aliphatic hydroxyl groups is 1. The molecule has 0 saturated heterocycles. The van der Waals surface area contributed by atoms with Crippen LogP contribution >= 0.6 is 15.9 Å². The number of hydrogen-bond donors (Lipinski definition) is 1. The molecule has 72 valence electrons. The zero-order valence-electron chi connectivity index (χ0n) is 8.00. The number of aliphatic hydroxyl groups excluding tert-OH is 1. The summed E-state index contributed by atoms with van der Waals surface area (Å²) in [4.78, 5) is 0. The van der Waals surface area contributed by atoms with Gasteiger partial charge in [-0.2, -0.15) is 0 Å². The van der Waals surface area contributed by atoms with E-state index < -0.39 is 0 Å². The number of hydrogen-bond acceptors (Lipinski definition) is 1. The maximum Gasteiger partial charge on any atom is 0.0603 e. The molecule has 0 amide bonds. The second-order valence-corrected chi connectivity index (χ2v) is 4.56. The Morgan fingerprint density at radius 3 is 2.62 bits per heavy atom. The lowest BCUT2D eigenvalue weighted by Crippen LogP contribution is -2.17. The summed E-state index contributed by atoms with van der Waals surface area (Å²) in [7, 11) is 0. The van der Waals surface area contributed by atoms with Crippen LogP contribution in [0.25, 0.3) is 0 Å². The SMILES string of the molecule is CC(C)C(O)Cc1cccc(Br)c1. The van der Waals surface area contributed by atoms with Crippen LogP contribution in [0.3, 0.4) is 0 Å². The van der Waals surface area contributed by atoms with Crippen molar-refractivity contribution in [3.63, 3.8) is 0 Å². The molecular weight excluding hydrogens is 228 g/mol. The van der Waals surface area contributed by atoms with Crippen LogP contribution in [-0.2, 0) is 6.42 Å². The quantitative estimate of drug-likeness (QED) is 0.865. The zero-order chi connectivity index (χ0) is 9.84. The van der Waals surface area contributed by atoms with Gasteiger partial charge in [0.05, 0.1) is 6.10 Å². The summed E-state index contributed by atoms with van der Waals surface area (Å²) >= 11 is 3.41. The lowest BCUT2D eigenvalue weighted by atomic mass is 9.99. The Kier molecular flexibility index (Phi) is 3.94. The lowest BCUT2D eigenvalue weighted by molar-refractivity contribution is 0.125. The Bertz CT molecular complexity index is 271. The van der Waals surface area contributed by atoms with Gasteiger partial charge in [0.2, 0.25) is 0 Å². The lowest BCUT2D eigenvalue weighted by Gasteiger charge is -2.14. The Hall–Kier alpha value is -0.340. The molecule has 2 heteroatoms. The van der Waals surface area contributed by atoms with Crippen molar-refractivity contribution in [3.05, 3.63) is 34.3 Å². The number of benzene rings is 1. The summed E-state index contributed by atoms with van der Waals surface area (Å²) in [6.45, 7) is 4.06.